The summed E-state index contributed by atoms with van der Waals surface area (Å²) in [5.41, 5.74) is 0.0986. The first-order valence-electron chi connectivity index (χ1n) is 5.59. The lowest BCUT2D eigenvalue weighted by Gasteiger charge is -2.24. The van der Waals surface area contributed by atoms with Gasteiger partial charge in [0, 0.05) is 10.9 Å². The first-order valence-corrected chi connectivity index (χ1v) is 6.38. The van der Waals surface area contributed by atoms with E-state index in [9.17, 15) is 9.18 Å². The second kappa shape index (κ2) is 5.74. The molecule has 0 aliphatic heterocycles. The Balaban J connectivity index is 2.84. The van der Waals surface area contributed by atoms with Crippen LogP contribution in [0, 0.1) is 5.82 Å². The van der Waals surface area contributed by atoms with Crippen LogP contribution in [0.4, 0.5) is 4.39 Å². The molecule has 0 radical (unpaired) electrons. The summed E-state index contributed by atoms with van der Waals surface area (Å²) >= 11 is 3.33. The summed E-state index contributed by atoms with van der Waals surface area (Å²) in [5, 5.41) is 3.12. The number of nitrogens with one attached hydrogen (secondary N) is 1. The van der Waals surface area contributed by atoms with Crippen LogP contribution in [-0.4, -0.2) is 17.9 Å². The van der Waals surface area contributed by atoms with Gasteiger partial charge in [-0.05, 0) is 44.2 Å². The van der Waals surface area contributed by atoms with Gasteiger partial charge < -0.3 is 5.32 Å². The molecule has 94 valence electrons. The highest BCUT2D eigenvalue weighted by molar-refractivity contribution is 9.10. The lowest BCUT2D eigenvalue weighted by atomic mass is 9.93. The Hall–Kier alpha value is -0.740. The van der Waals surface area contributed by atoms with Crippen LogP contribution in [0.2, 0.25) is 0 Å². The fourth-order valence-corrected chi connectivity index (χ4v) is 2.00. The topological polar surface area (TPSA) is 29.1 Å². The lowest BCUT2D eigenvalue weighted by Crippen LogP contribution is -2.47. The third-order valence-corrected chi connectivity index (χ3v) is 3.45. The molecule has 1 aromatic rings. The van der Waals surface area contributed by atoms with Crippen molar-refractivity contribution >= 4 is 21.7 Å². The van der Waals surface area contributed by atoms with Crippen LogP contribution in [0.25, 0.3) is 0 Å². The van der Waals surface area contributed by atoms with Crippen molar-refractivity contribution in [1.29, 1.82) is 0 Å². The summed E-state index contributed by atoms with van der Waals surface area (Å²) in [6.45, 7) is 6.36. The van der Waals surface area contributed by atoms with E-state index in [1.54, 1.807) is 6.07 Å². The predicted octanol–water partition coefficient (Wildman–Crippen LogP) is 3.09. The van der Waals surface area contributed by atoms with Crippen LogP contribution in [0.1, 0.15) is 26.3 Å². The number of rotatable bonds is 5. The average molecular weight is 302 g/mol. The molecule has 0 amide bonds. The van der Waals surface area contributed by atoms with Crippen LogP contribution >= 0.6 is 15.9 Å². The number of carbonyl (C=O) groups excluding carboxylic acids is 1. The second-order valence-corrected chi connectivity index (χ2v) is 5.35. The van der Waals surface area contributed by atoms with Crippen molar-refractivity contribution in [2.75, 3.05) is 6.54 Å². The Bertz CT molecular complexity index is 418. The molecule has 0 fully saturated rings. The van der Waals surface area contributed by atoms with E-state index in [4.69, 9.17) is 0 Å². The molecule has 1 rings (SSSR count). The van der Waals surface area contributed by atoms with Crippen LogP contribution < -0.4 is 5.32 Å². The van der Waals surface area contributed by atoms with Gasteiger partial charge in [-0.15, -0.1) is 0 Å². The second-order valence-electron chi connectivity index (χ2n) is 4.49. The molecule has 2 nitrogen and oxygen atoms in total. The third-order valence-electron chi connectivity index (χ3n) is 2.67. The molecular weight excluding hydrogens is 285 g/mol. The highest BCUT2D eigenvalue weighted by atomic mass is 79.9. The van der Waals surface area contributed by atoms with Crippen LogP contribution in [0.3, 0.4) is 0 Å². The minimum atomic E-state index is -0.583. The van der Waals surface area contributed by atoms with Crippen LogP contribution in [-0.2, 0) is 11.2 Å². The standard InChI is InChI=1S/C13H17BrFNO/c1-4-16-13(2,3)12(17)8-9-7-10(15)5-6-11(9)14/h5-7,16H,4,8H2,1-3H3. The molecule has 1 N–H and O–H groups in total. The van der Waals surface area contributed by atoms with Crippen molar-refractivity contribution in [1.82, 2.24) is 5.32 Å². The first-order chi connectivity index (χ1) is 7.86. The van der Waals surface area contributed by atoms with Gasteiger partial charge in [0.1, 0.15) is 5.82 Å². The smallest absolute Gasteiger partial charge is 0.156 e. The summed E-state index contributed by atoms with van der Waals surface area (Å²) in [5.74, 6) is -0.275. The minimum Gasteiger partial charge on any atom is -0.306 e. The third kappa shape index (κ3) is 3.89. The molecule has 4 heteroatoms. The number of benzene rings is 1. The van der Waals surface area contributed by atoms with Gasteiger partial charge >= 0.3 is 0 Å². The number of likely N-dealkylation sites (N-methyl/N-ethyl adjacent to an activating group) is 1. The van der Waals surface area contributed by atoms with Gasteiger partial charge in [0.25, 0.3) is 0 Å². The summed E-state index contributed by atoms with van der Waals surface area (Å²) in [7, 11) is 0. The van der Waals surface area contributed by atoms with E-state index in [1.807, 2.05) is 20.8 Å². The summed E-state index contributed by atoms with van der Waals surface area (Å²) in [6, 6.07) is 4.38. The Labute approximate surface area is 110 Å². The molecule has 0 atom stereocenters. The van der Waals surface area contributed by atoms with E-state index in [0.717, 1.165) is 11.0 Å². The molecule has 0 spiro atoms. The van der Waals surface area contributed by atoms with Crippen LogP contribution in [0.15, 0.2) is 22.7 Å². The van der Waals surface area contributed by atoms with Crippen molar-refractivity contribution in [3.05, 3.63) is 34.1 Å². The normalized spacial score (nSPS) is 11.6. The predicted molar refractivity (Wildman–Crippen MR) is 70.6 cm³/mol. The number of hydrogen-bond acceptors (Lipinski definition) is 2. The van der Waals surface area contributed by atoms with E-state index in [-0.39, 0.29) is 18.0 Å². The highest BCUT2D eigenvalue weighted by Gasteiger charge is 2.26. The molecule has 0 aliphatic rings. The fraction of sp³-hybridized carbons (Fsp3) is 0.462. The largest absolute Gasteiger partial charge is 0.306 e. The summed E-state index contributed by atoms with van der Waals surface area (Å²) < 4.78 is 13.9. The highest BCUT2D eigenvalue weighted by Crippen LogP contribution is 2.20. The summed E-state index contributed by atoms with van der Waals surface area (Å²) in [4.78, 5) is 12.1. The molecule has 0 heterocycles. The number of Topliss-reactive ketones (excluding diaryl/α,β-unsaturated/α-hetero) is 1. The Morgan fingerprint density at radius 2 is 2.12 bits per heavy atom. The molecule has 0 aromatic heterocycles. The minimum absolute atomic E-state index is 0.0469. The molecule has 1 aromatic carbocycles. The Kier molecular flexibility index (Phi) is 4.83. The Morgan fingerprint density at radius 3 is 2.71 bits per heavy atom. The lowest BCUT2D eigenvalue weighted by molar-refractivity contribution is -0.123. The zero-order valence-corrected chi connectivity index (χ0v) is 11.9. The van der Waals surface area contributed by atoms with Crippen molar-refractivity contribution in [3.8, 4) is 0 Å². The SMILES string of the molecule is CCNC(C)(C)C(=O)Cc1cc(F)ccc1Br. The van der Waals surface area contributed by atoms with Crippen molar-refractivity contribution in [3.63, 3.8) is 0 Å². The number of halogens is 2. The van der Waals surface area contributed by atoms with Gasteiger partial charge in [-0.3, -0.25) is 4.79 Å². The van der Waals surface area contributed by atoms with E-state index < -0.39 is 5.54 Å². The van der Waals surface area contributed by atoms with E-state index in [1.165, 1.54) is 12.1 Å². The maximum atomic E-state index is 13.1. The number of hydrogen-bond donors (Lipinski definition) is 1. The Morgan fingerprint density at radius 1 is 1.47 bits per heavy atom. The van der Waals surface area contributed by atoms with E-state index in [2.05, 4.69) is 21.2 Å². The zero-order chi connectivity index (χ0) is 13.1. The van der Waals surface area contributed by atoms with Gasteiger partial charge in [0.15, 0.2) is 5.78 Å². The molecule has 0 bridgehead atoms. The first kappa shape index (κ1) is 14.3. The maximum Gasteiger partial charge on any atom is 0.156 e. The van der Waals surface area contributed by atoms with E-state index >= 15 is 0 Å². The number of carbonyl (C=O) groups is 1. The monoisotopic (exact) mass is 301 g/mol. The zero-order valence-electron chi connectivity index (χ0n) is 10.3. The molecular formula is C13H17BrFNO. The fourth-order valence-electron chi connectivity index (χ4n) is 1.61. The van der Waals surface area contributed by atoms with Gasteiger partial charge in [0.05, 0.1) is 5.54 Å². The maximum absolute atomic E-state index is 13.1. The number of ketones is 1. The molecule has 0 unspecified atom stereocenters. The molecule has 17 heavy (non-hydrogen) atoms. The van der Waals surface area contributed by atoms with Gasteiger partial charge in [0.2, 0.25) is 0 Å². The quantitative estimate of drug-likeness (QED) is 0.905. The van der Waals surface area contributed by atoms with E-state index in [0.29, 0.717) is 5.56 Å². The van der Waals surface area contributed by atoms with Crippen molar-refractivity contribution < 1.29 is 9.18 Å². The van der Waals surface area contributed by atoms with Gasteiger partial charge in [-0.25, -0.2) is 4.39 Å². The van der Waals surface area contributed by atoms with Crippen molar-refractivity contribution in [2.45, 2.75) is 32.7 Å². The summed E-state index contributed by atoms with van der Waals surface area (Å²) in [6.07, 6.45) is 0.221. The van der Waals surface area contributed by atoms with Crippen molar-refractivity contribution in [2.24, 2.45) is 0 Å². The average Bonchev–Trinajstić information content (AvgIpc) is 2.23. The molecule has 0 aliphatic carbocycles. The van der Waals surface area contributed by atoms with Gasteiger partial charge in [-0.2, -0.15) is 0 Å². The molecule has 0 saturated carbocycles. The molecule has 0 saturated heterocycles. The van der Waals surface area contributed by atoms with Crippen LogP contribution in [0.5, 0.6) is 0 Å². The van der Waals surface area contributed by atoms with Gasteiger partial charge in [-0.1, -0.05) is 22.9 Å².